The number of nitrogens with zero attached hydrogens (tertiary/aromatic N) is 3. The molecule has 2 heterocycles. The average Bonchev–Trinajstić information content (AvgIpc) is 2.64. The summed E-state index contributed by atoms with van der Waals surface area (Å²) in [6.45, 7) is 1.17. The second kappa shape index (κ2) is 8.07. The average molecular weight is 423 g/mol. The lowest BCUT2D eigenvalue weighted by Gasteiger charge is -2.25. The van der Waals surface area contributed by atoms with E-state index < -0.39 is 10.0 Å². The predicted octanol–water partition coefficient (Wildman–Crippen LogP) is 3.46. The zero-order valence-electron chi connectivity index (χ0n) is 13.6. The number of hydrazone groups is 1. The van der Waals surface area contributed by atoms with Crippen molar-refractivity contribution >= 4 is 38.0 Å². The molecule has 8 heteroatoms. The Morgan fingerprint density at radius 2 is 1.80 bits per heavy atom. The Balaban J connectivity index is 1.64. The van der Waals surface area contributed by atoms with Gasteiger partial charge in [0.2, 0.25) is 10.0 Å². The Kier molecular flexibility index (Phi) is 5.82. The lowest BCUT2D eigenvalue weighted by Crippen LogP contribution is -2.35. The summed E-state index contributed by atoms with van der Waals surface area (Å²) < 4.78 is 27.7. The first kappa shape index (κ1) is 18.0. The van der Waals surface area contributed by atoms with Gasteiger partial charge >= 0.3 is 0 Å². The lowest BCUT2D eigenvalue weighted by atomic mass is 10.2. The molecule has 1 aromatic carbocycles. The molecule has 1 aromatic heterocycles. The molecule has 2 aromatic rings. The van der Waals surface area contributed by atoms with Gasteiger partial charge in [0.05, 0.1) is 6.21 Å². The number of hydrogen-bond donors (Lipinski definition) is 1. The number of anilines is 1. The highest BCUT2D eigenvalue weighted by atomic mass is 79.9. The van der Waals surface area contributed by atoms with E-state index in [2.05, 4.69) is 31.4 Å². The third kappa shape index (κ3) is 4.65. The quantitative estimate of drug-likeness (QED) is 0.591. The van der Waals surface area contributed by atoms with Crippen LogP contribution in [0.5, 0.6) is 0 Å². The van der Waals surface area contributed by atoms with Crippen LogP contribution in [0.1, 0.15) is 24.8 Å². The van der Waals surface area contributed by atoms with Crippen molar-refractivity contribution in [3.05, 3.63) is 52.6 Å². The van der Waals surface area contributed by atoms with Gasteiger partial charge in [-0.3, -0.25) is 5.43 Å². The van der Waals surface area contributed by atoms with Gasteiger partial charge in [0.1, 0.15) is 10.7 Å². The minimum atomic E-state index is -3.45. The van der Waals surface area contributed by atoms with Crippen molar-refractivity contribution in [1.29, 1.82) is 0 Å². The molecular formula is C17H19BrN4O2S. The summed E-state index contributed by atoms with van der Waals surface area (Å²) in [7, 11) is -3.45. The molecular weight excluding hydrogens is 404 g/mol. The van der Waals surface area contributed by atoms with Crippen LogP contribution in [-0.4, -0.2) is 37.0 Å². The number of piperidine rings is 1. The molecule has 0 bridgehead atoms. The van der Waals surface area contributed by atoms with Gasteiger partial charge in [0, 0.05) is 23.8 Å². The first-order valence-electron chi connectivity index (χ1n) is 8.06. The summed E-state index contributed by atoms with van der Waals surface area (Å²) in [5.74, 6) is 0.492. The number of hydrogen-bond acceptors (Lipinski definition) is 5. The van der Waals surface area contributed by atoms with Gasteiger partial charge in [-0.15, -0.1) is 0 Å². The maximum atomic E-state index is 12.6. The van der Waals surface area contributed by atoms with E-state index in [1.807, 2.05) is 24.3 Å². The number of aromatic nitrogens is 1. The Bertz CT molecular complexity index is 830. The maximum absolute atomic E-state index is 12.6. The Hall–Kier alpha value is -1.77. The van der Waals surface area contributed by atoms with E-state index in [0.717, 1.165) is 29.3 Å². The molecule has 0 saturated carbocycles. The second-order valence-corrected chi connectivity index (χ2v) is 8.62. The molecule has 0 amide bonds. The molecule has 0 spiro atoms. The zero-order chi connectivity index (χ0) is 17.7. The summed E-state index contributed by atoms with van der Waals surface area (Å²) in [6.07, 6.45) is 5.96. The van der Waals surface area contributed by atoms with Crippen LogP contribution in [0, 0.1) is 0 Å². The fraction of sp³-hybridized carbons (Fsp3) is 0.294. The van der Waals surface area contributed by atoms with Crippen LogP contribution in [0.25, 0.3) is 0 Å². The normalized spacial score (nSPS) is 16.2. The van der Waals surface area contributed by atoms with Crippen LogP contribution in [-0.2, 0) is 10.0 Å². The molecule has 3 rings (SSSR count). The molecule has 0 atom stereocenters. The van der Waals surface area contributed by atoms with Crippen molar-refractivity contribution < 1.29 is 8.42 Å². The van der Waals surface area contributed by atoms with E-state index in [0.29, 0.717) is 18.9 Å². The summed E-state index contributed by atoms with van der Waals surface area (Å²) in [4.78, 5) is 4.37. The van der Waals surface area contributed by atoms with Crippen molar-refractivity contribution in [3.8, 4) is 0 Å². The van der Waals surface area contributed by atoms with E-state index in [-0.39, 0.29) is 4.90 Å². The van der Waals surface area contributed by atoms with Crippen molar-refractivity contribution in [2.45, 2.75) is 24.2 Å². The minimum absolute atomic E-state index is 0.219. The smallest absolute Gasteiger partial charge is 0.244 e. The van der Waals surface area contributed by atoms with Gasteiger partial charge in [0.15, 0.2) is 0 Å². The lowest BCUT2D eigenvalue weighted by molar-refractivity contribution is 0.346. The van der Waals surface area contributed by atoms with Crippen LogP contribution in [0.15, 0.2) is 57.1 Å². The Morgan fingerprint density at radius 1 is 1.08 bits per heavy atom. The standard InChI is InChI=1S/C17H19BrN4O2S/c18-15-6-4-14(5-7-15)12-20-21-17-9-8-16(13-19-17)25(23,24)22-10-2-1-3-11-22/h4-9,12-13H,1-3,10-11H2,(H,19,21)/b20-12+. The molecule has 0 unspecified atom stereocenters. The molecule has 1 saturated heterocycles. The van der Waals surface area contributed by atoms with Gasteiger partial charge in [-0.2, -0.15) is 9.41 Å². The van der Waals surface area contributed by atoms with E-state index in [9.17, 15) is 8.42 Å². The summed E-state index contributed by atoms with van der Waals surface area (Å²) in [5.41, 5.74) is 3.75. The Labute approximate surface area is 156 Å². The number of pyridine rings is 1. The van der Waals surface area contributed by atoms with Crippen molar-refractivity contribution in [3.63, 3.8) is 0 Å². The highest BCUT2D eigenvalue weighted by molar-refractivity contribution is 9.10. The monoisotopic (exact) mass is 422 g/mol. The van der Waals surface area contributed by atoms with Crippen molar-refractivity contribution in [2.75, 3.05) is 18.5 Å². The van der Waals surface area contributed by atoms with Gasteiger partial charge < -0.3 is 0 Å². The van der Waals surface area contributed by atoms with Gasteiger partial charge in [0.25, 0.3) is 0 Å². The third-order valence-electron chi connectivity index (χ3n) is 3.95. The fourth-order valence-corrected chi connectivity index (χ4v) is 4.30. The van der Waals surface area contributed by atoms with Crippen LogP contribution >= 0.6 is 15.9 Å². The van der Waals surface area contributed by atoms with Crippen LogP contribution in [0.2, 0.25) is 0 Å². The first-order valence-corrected chi connectivity index (χ1v) is 10.3. The molecule has 0 radical (unpaired) electrons. The molecule has 1 aliphatic heterocycles. The predicted molar refractivity (Wildman–Crippen MR) is 102 cm³/mol. The van der Waals surface area contributed by atoms with Crippen LogP contribution < -0.4 is 5.43 Å². The largest absolute Gasteiger partial charge is 0.261 e. The van der Waals surface area contributed by atoms with Gasteiger partial charge in [-0.1, -0.05) is 34.5 Å². The minimum Gasteiger partial charge on any atom is -0.261 e. The van der Waals surface area contributed by atoms with Crippen LogP contribution in [0.3, 0.4) is 0 Å². The molecule has 1 N–H and O–H groups in total. The van der Waals surface area contributed by atoms with E-state index in [1.165, 1.54) is 10.5 Å². The maximum Gasteiger partial charge on any atom is 0.244 e. The van der Waals surface area contributed by atoms with E-state index in [4.69, 9.17) is 0 Å². The summed E-state index contributed by atoms with van der Waals surface area (Å²) in [5, 5.41) is 4.11. The topological polar surface area (TPSA) is 74.7 Å². The molecule has 1 aliphatic rings. The highest BCUT2D eigenvalue weighted by Crippen LogP contribution is 2.20. The van der Waals surface area contributed by atoms with Gasteiger partial charge in [-0.25, -0.2) is 13.4 Å². The highest BCUT2D eigenvalue weighted by Gasteiger charge is 2.25. The summed E-state index contributed by atoms with van der Waals surface area (Å²) in [6, 6.07) is 10.9. The fourth-order valence-electron chi connectivity index (χ4n) is 2.58. The third-order valence-corrected chi connectivity index (χ3v) is 6.36. The molecule has 25 heavy (non-hydrogen) atoms. The van der Waals surface area contributed by atoms with Crippen molar-refractivity contribution in [1.82, 2.24) is 9.29 Å². The number of halogens is 1. The van der Waals surface area contributed by atoms with Crippen molar-refractivity contribution in [2.24, 2.45) is 5.10 Å². The molecule has 0 aliphatic carbocycles. The number of rotatable bonds is 5. The molecule has 1 fully saturated rings. The van der Waals surface area contributed by atoms with Crippen LogP contribution in [0.4, 0.5) is 5.82 Å². The summed E-state index contributed by atoms with van der Waals surface area (Å²) >= 11 is 3.38. The van der Waals surface area contributed by atoms with E-state index in [1.54, 1.807) is 18.3 Å². The SMILES string of the molecule is O=S(=O)(c1ccc(N/N=C/c2ccc(Br)cc2)nc1)N1CCCCC1. The van der Waals surface area contributed by atoms with E-state index >= 15 is 0 Å². The second-order valence-electron chi connectivity index (χ2n) is 5.77. The van der Waals surface area contributed by atoms with Gasteiger partial charge in [-0.05, 0) is 42.7 Å². The number of benzene rings is 1. The number of nitrogens with one attached hydrogen (secondary N) is 1. The Morgan fingerprint density at radius 3 is 2.44 bits per heavy atom. The number of sulfonamides is 1. The zero-order valence-corrected chi connectivity index (χ0v) is 16.0. The molecule has 6 nitrogen and oxygen atoms in total. The molecule has 132 valence electrons. The first-order chi connectivity index (χ1) is 12.1.